The molecule has 0 radical (unpaired) electrons. The van der Waals surface area contributed by atoms with Crippen LogP contribution in [-0.2, 0) is 0 Å². The zero-order valence-corrected chi connectivity index (χ0v) is 11.1. The molecule has 1 aromatic heterocycles. The van der Waals surface area contributed by atoms with Gasteiger partial charge in [-0.15, -0.1) is 5.10 Å². The third-order valence-electron chi connectivity index (χ3n) is 3.10. The average Bonchev–Trinajstić information content (AvgIpc) is 2.96. The molecule has 19 heavy (non-hydrogen) atoms. The van der Waals surface area contributed by atoms with Gasteiger partial charge >= 0.3 is 0 Å². The fraction of sp³-hybridized carbons (Fsp3) is 0.308. The van der Waals surface area contributed by atoms with E-state index in [9.17, 15) is 0 Å². The smallest absolute Gasteiger partial charge is 0.249 e. The Bertz CT molecular complexity index is 568. The number of para-hydroxylation sites is 1. The average molecular weight is 276 g/mol. The number of rotatable bonds is 3. The summed E-state index contributed by atoms with van der Waals surface area (Å²) in [6.07, 6.45) is 4.11. The highest BCUT2D eigenvalue weighted by Gasteiger charge is 2.14. The van der Waals surface area contributed by atoms with Crippen LogP contribution < -0.4 is 10.2 Å². The molecule has 3 rings (SSSR count). The largest absolute Gasteiger partial charge is 0.355 e. The summed E-state index contributed by atoms with van der Waals surface area (Å²) >= 11 is 6.09. The first kappa shape index (κ1) is 12.2. The van der Waals surface area contributed by atoms with Crippen LogP contribution in [0.4, 0.5) is 17.5 Å². The number of anilines is 3. The standard InChI is InChI=1S/C13H14ClN5/c14-10-5-1-2-6-11(10)16-13-17-12(9-15-18-13)19-7-3-4-8-19/h1-2,5-6,9H,3-4,7-8H2,(H,16,17,18). The Morgan fingerprint density at radius 3 is 2.74 bits per heavy atom. The Labute approximate surface area is 116 Å². The monoisotopic (exact) mass is 275 g/mol. The van der Waals surface area contributed by atoms with Gasteiger partial charge in [-0.2, -0.15) is 10.1 Å². The summed E-state index contributed by atoms with van der Waals surface area (Å²) in [6.45, 7) is 2.06. The molecule has 0 amide bonds. The van der Waals surface area contributed by atoms with Gasteiger partial charge in [0.2, 0.25) is 5.95 Å². The minimum absolute atomic E-state index is 0.470. The van der Waals surface area contributed by atoms with Crippen molar-refractivity contribution < 1.29 is 0 Å². The lowest BCUT2D eigenvalue weighted by atomic mass is 10.3. The zero-order valence-electron chi connectivity index (χ0n) is 10.4. The summed E-state index contributed by atoms with van der Waals surface area (Å²) < 4.78 is 0. The highest BCUT2D eigenvalue weighted by molar-refractivity contribution is 6.33. The molecule has 2 heterocycles. The molecular weight excluding hydrogens is 262 g/mol. The maximum Gasteiger partial charge on any atom is 0.249 e. The van der Waals surface area contributed by atoms with E-state index >= 15 is 0 Å². The topological polar surface area (TPSA) is 53.9 Å². The van der Waals surface area contributed by atoms with Crippen LogP contribution in [0, 0.1) is 0 Å². The lowest BCUT2D eigenvalue weighted by Crippen LogP contribution is -2.19. The molecule has 98 valence electrons. The summed E-state index contributed by atoms with van der Waals surface area (Å²) in [5.74, 6) is 1.33. The summed E-state index contributed by atoms with van der Waals surface area (Å²) in [7, 11) is 0. The predicted octanol–water partition coefficient (Wildman–Crippen LogP) is 2.87. The first-order valence-corrected chi connectivity index (χ1v) is 6.67. The van der Waals surface area contributed by atoms with Crippen LogP contribution in [0.1, 0.15) is 12.8 Å². The highest BCUT2D eigenvalue weighted by atomic mass is 35.5. The Hall–Kier alpha value is -1.88. The first-order chi connectivity index (χ1) is 9.33. The van der Waals surface area contributed by atoms with Gasteiger partial charge in [-0.3, -0.25) is 0 Å². The van der Waals surface area contributed by atoms with E-state index in [-0.39, 0.29) is 0 Å². The Morgan fingerprint density at radius 2 is 1.95 bits per heavy atom. The van der Waals surface area contributed by atoms with Gasteiger partial charge in [-0.05, 0) is 25.0 Å². The van der Waals surface area contributed by atoms with Crippen molar-refractivity contribution >= 4 is 29.1 Å². The fourth-order valence-corrected chi connectivity index (χ4v) is 2.31. The molecule has 1 fully saturated rings. The number of hydrogen-bond acceptors (Lipinski definition) is 5. The number of hydrogen-bond donors (Lipinski definition) is 1. The van der Waals surface area contributed by atoms with Crippen molar-refractivity contribution in [2.75, 3.05) is 23.3 Å². The second-order valence-electron chi connectivity index (χ2n) is 4.44. The van der Waals surface area contributed by atoms with E-state index in [1.165, 1.54) is 12.8 Å². The Balaban J connectivity index is 1.81. The van der Waals surface area contributed by atoms with E-state index in [4.69, 9.17) is 11.6 Å². The van der Waals surface area contributed by atoms with Crippen molar-refractivity contribution in [3.8, 4) is 0 Å². The number of nitrogens with one attached hydrogen (secondary N) is 1. The van der Waals surface area contributed by atoms with Crippen molar-refractivity contribution in [1.82, 2.24) is 15.2 Å². The zero-order chi connectivity index (χ0) is 13.1. The quantitative estimate of drug-likeness (QED) is 0.933. The van der Waals surface area contributed by atoms with Crippen molar-refractivity contribution in [1.29, 1.82) is 0 Å². The molecule has 0 spiro atoms. The summed E-state index contributed by atoms with van der Waals surface area (Å²) in [6, 6.07) is 7.50. The van der Waals surface area contributed by atoms with Crippen molar-refractivity contribution in [2.45, 2.75) is 12.8 Å². The van der Waals surface area contributed by atoms with Crippen LogP contribution >= 0.6 is 11.6 Å². The van der Waals surface area contributed by atoms with E-state index in [1.54, 1.807) is 6.20 Å². The predicted molar refractivity (Wildman–Crippen MR) is 76.0 cm³/mol. The van der Waals surface area contributed by atoms with Crippen molar-refractivity contribution in [3.63, 3.8) is 0 Å². The van der Waals surface area contributed by atoms with E-state index in [0.29, 0.717) is 11.0 Å². The molecule has 5 nitrogen and oxygen atoms in total. The van der Waals surface area contributed by atoms with E-state index in [0.717, 1.165) is 24.6 Å². The first-order valence-electron chi connectivity index (χ1n) is 6.29. The normalized spacial score (nSPS) is 14.7. The third-order valence-corrected chi connectivity index (χ3v) is 3.43. The fourth-order valence-electron chi connectivity index (χ4n) is 2.13. The van der Waals surface area contributed by atoms with E-state index < -0.39 is 0 Å². The highest BCUT2D eigenvalue weighted by Crippen LogP contribution is 2.24. The van der Waals surface area contributed by atoms with Crippen LogP contribution in [0.25, 0.3) is 0 Å². The molecule has 0 unspecified atom stereocenters. The van der Waals surface area contributed by atoms with Crippen molar-refractivity contribution in [2.24, 2.45) is 0 Å². The molecule has 6 heteroatoms. The molecule has 0 saturated carbocycles. The number of nitrogens with zero attached hydrogens (tertiary/aromatic N) is 4. The van der Waals surface area contributed by atoms with Crippen molar-refractivity contribution in [3.05, 3.63) is 35.5 Å². The van der Waals surface area contributed by atoms with Gasteiger partial charge in [0.25, 0.3) is 0 Å². The second-order valence-corrected chi connectivity index (χ2v) is 4.84. The Morgan fingerprint density at radius 1 is 1.16 bits per heavy atom. The number of benzene rings is 1. The molecule has 1 aliphatic heterocycles. The summed E-state index contributed by atoms with van der Waals surface area (Å²) in [4.78, 5) is 6.69. The third kappa shape index (κ3) is 2.76. The maximum absolute atomic E-state index is 6.09. The van der Waals surface area contributed by atoms with Gasteiger partial charge in [-0.1, -0.05) is 23.7 Å². The van der Waals surface area contributed by atoms with Gasteiger partial charge < -0.3 is 10.2 Å². The SMILES string of the molecule is Clc1ccccc1Nc1nncc(N2CCCC2)n1. The van der Waals surface area contributed by atoms with Crippen LogP contribution in [0.15, 0.2) is 30.5 Å². The number of aromatic nitrogens is 3. The van der Waals surface area contributed by atoms with Gasteiger partial charge in [0.15, 0.2) is 5.82 Å². The van der Waals surface area contributed by atoms with Gasteiger partial charge in [0.05, 0.1) is 16.9 Å². The molecular formula is C13H14ClN5. The molecule has 0 aliphatic carbocycles. The molecule has 0 bridgehead atoms. The van der Waals surface area contributed by atoms with E-state index in [2.05, 4.69) is 25.4 Å². The van der Waals surface area contributed by atoms with Gasteiger partial charge in [0.1, 0.15) is 0 Å². The molecule has 1 saturated heterocycles. The van der Waals surface area contributed by atoms with Crippen LogP contribution in [0.3, 0.4) is 0 Å². The van der Waals surface area contributed by atoms with Crippen LogP contribution in [-0.4, -0.2) is 28.3 Å². The Kier molecular flexibility index (Phi) is 3.46. The molecule has 1 N–H and O–H groups in total. The lowest BCUT2D eigenvalue weighted by molar-refractivity contribution is 0.890. The minimum atomic E-state index is 0.470. The second kappa shape index (κ2) is 5.40. The van der Waals surface area contributed by atoms with Crippen LogP contribution in [0.5, 0.6) is 0 Å². The molecule has 1 aromatic carbocycles. The summed E-state index contributed by atoms with van der Waals surface area (Å²) in [5, 5.41) is 11.7. The molecule has 0 atom stereocenters. The lowest BCUT2D eigenvalue weighted by Gasteiger charge is -2.16. The van der Waals surface area contributed by atoms with E-state index in [1.807, 2.05) is 24.3 Å². The van der Waals surface area contributed by atoms with Crippen LogP contribution in [0.2, 0.25) is 5.02 Å². The minimum Gasteiger partial charge on any atom is -0.355 e. The van der Waals surface area contributed by atoms with Gasteiger partial charge in [0, 0.05) is 13.1 Å². The summed E-state index contributed by atoms with van der Waals surface area (Å²) in [5.41, 5.74) is 0.782. The number of halogens is 1. The maximum atomic E-state index is 6.09. The van der Waals surface area contributed by atoms with Gasteiger partial charge in [-0.25, -0.2) is 0 Å². The molecule has 2 aromatic rings. The molecule has 1 aliphatic rings.